The summed E-state index contributed by atoms with van der Waals surface area (Å²) < 4.78 is 6.79. The van der Waals surface area contributed by atoms with Crippen molar-refractivity contribution in [3.63, 3.8) is 0 Å². The Morgan fingerprint density at radius 1 is 1.48 bits per heavy atom. The lowest BCUT2D eigenvalue weighted by molar-refractivity contribution is -0.147. The van der Waals surface area contributed by atoms with Crippen LogP contribution in [-0.2, 0) is 9.53 Å². The maximum Gasteiger partial charge on any atom is 0.317 e. The number of fused-ring (bicyclic) bond motifs is 1. The first kappa shape index (κ1) is 15.8. The summed E-state index contributed by atoms with van der Waals surface area (Å²) in [5, 5.41) is 8.14. The van der Waals surface area contributed by atoms with E-state index >= 15 is 0 Å². The lowest BCUT2D eigenvalue weighted by Crippen LogP contribution is -2.38. The van der Waals surface area contributed by atoms with E-state index in [1.54, 1.807) is 29.8 Å². The smallest absolute Gasteiger partial charge is 0.317 e. The highest BCUT2D eigenvalue weighted by Crippen LogP contribution is 2.40. The molecule has 8 heteroatoms. The van der Waals surface area contributed by atoms with E-state index in [4.69, 9.17) is 27.9 Å². The normalized spacial score (nSPS) is 19.9. The third-order valence-electron chi connectivity index (χ3n) is 3.62. The van der Waals surface area contributed by atoms with Crippen molar-refractivity contribution in [2.45, 2.75) is 13.0 Å². The highest BCUT2D eigenvalue weighted by molar-refractivity contribution is 6.35. The molecule has 1 N–H and O–H groups in total. The van der Waals surface area contributed by atoms with Gasteiger partial charge in [-0.15, -0.1) is 0 Å². The first-order valence-corrected chi connectivity index (χ1v) is 7.75. The molecule has 6 nitrogen and oxygen atoms in total. The van der Waals surface area contributed by atoms with Gasteiger partial charge in [-0.25, -0.2) is 4.68 Å². The molecular weight excluding hydrogens is 339 g/mol. The molecule has 2 aromatic rings. The fourth-order valence-electron chi connectivity index (χ4n) is 2.65. The number of carbonyl (C=O) groups is 1. The maximum atomic E-state index is 12.4. The van der Waals surface area contributed by atoms with Crippen LogP contribution < -0.4 is 5.32 Å². The topological polar surface area (TPSA) is 69.0 Å². The average molecular weight is 353 g/mol. The highest BCUT2D eigenvalue weighted by atomic mass is 35.5. The minimum Gasteiger partial charge on any atom is -0.465 e. The molecule has 0 spiro atoms. The van der Waals surface area contributed by atoms with Crippen LogP contribution in [0, 0.1) is 5.92 Å². The molecule has 2 atom stereocenters. The Balaban J connectivity index is 2.15. The molecule has 1 aliphatic rings. The van der Waals surface area contributed by atoms with Crippen LogP contribution in [0.5, 0.6) is 0 Å². The number of aromatic nitrogens is 3. The summed E-state index contributed by atoms with van der Waals surface area (Å²) in [5.41, 5.74) is 1.18. The molecule has 1 aliphatic heterocycles. The van der Waals surface area contributed by atoms with E-state index in [9.17, 15) is 4.79 Å². The number of benzene rings is 1. The molecule has 0 fully saturated rings. The van der Waals surface area contributed by atoms with Crippen LogP contribution in [0.1, 0.15) is 18.5 Å². The molecule has 3 rings (SSSR count). The van der Waals surface area contributed by atoms with Crippen LogP contribution in [0.4, 0.5) is 5.95 Å². The number of halogens is 2. The van der Waals surface area contributed by atoms with Gasteiger partial charge in [-0.05, 0) is 24.6 Å². The highest BCUT2D eigenvalue weighted by Gasteiger charge is 2.41. The van der Waals surface area contributed by atoms with E-state index in [0.29, 0.717) is 27.3 Å². The van der Waals surface area contributed by atoms with Gasteiger partial charge in [-0.3, -0.25) is 4.79 Å². The van der Waals surface area contributed by atoms with Crippen molar-refractivity contribution in [1.29, 1.82) is 0 Å². The number of rotatable bonds is 3. The van der Waals surface area contributed by atoms with Crippen molar-refractivity contribution in [3.8, 4) is 0 Å². The number of nitrogens with one attached hydrogen (secondary N) is 1. The Morgan fingerprint density at radius 2 is 2.26 bits per heavy atom. The predicted octanol–water partition coefficient (Wildman–Crippen LogP) is 3.29. The molecule has 1 aromatic carbocycles. The second kappa shape index (κ2) is 6.22. The van der Waals surface area contributed by atoms with Crippen molar-refractivity contribution in [2.24, 2.45) is 5.92 Å². The van der Waals surface area contributed by atoms with Crippen LogP contribution >= 0.6 is 23.2 Å². The van der Waals surface area contributed by atoms with Gasteiger partial charge < -0.3 is 10.1 Å². The molecule has 0 aliphatic carbocycles. The summed E-state index contributed by atoms with van der Waals surface area (Å²) in [5.74, 6) is -0.587. The Kier molecular flexibility index (Phi) is 4.28. The minimum absolute atomic E-state index is 0.272. The van der Waals surface area contributed by atoms with Gasteiger partial charge in [0.15, 0.2) is 0 Å². The Labute approximate surface area is 143 Å². The van der Waals surface area contributed by atoms with E-state index in [2.05, 4.69) is 22.0 Å². The largest absolute Gasteiger partial charge is 0.465 e. The van der Waals surface area contributed by atoms with E-state index in [-0.39, 0.29) is 6.61 Å². The van der Waals surface area contributed by atoms with Gasteiger partial charge in [0.25, 0.3) is 0 Å². The summed E-state index contributed by atoms with van der Waals surface area (Å²) in [7, 11) is 0. The molecule has 23 heavy (non-hydrogen) atoms. The molecule has 120 valence electrons. The SMILES string of the molecule is C=C1Nc2ncnn2C(c2ccc(Cl)cc2Cl)C1C(=O)OCC. The van der Waals surface area contributed by atoms with Gasteiger partial charge in [0.2, 0.25) is 5.95 Å². The van der Waals surface area contributed by atoms with Gasteiger partial charge in [-0.2, -0.15) is 10.1 Å². The Hall–Kier alpha value is -2.05. The Morgan fingerprint density at radius 3 is 2.96 bits per heavy atom. The second-order valence-electron chi connectivity index (χ2n) is 5.02. The molecule has 0 amide bonds. The molecule has 0 bridgehead atoms. The molecule has 0 radical (unpaired) electrons. The number of esters is 1. The van der Waals surface area contributed by atoms with Gasteiger partial charge in [-0.1, -0.05) is 35.8 Å². The average Bonchev–Trinajstić information content (AvgIpc) is 2.94. The van der Waals surface area contributed by atoms with Gasteiger partial charge in [0.1, 0.15) is 18.3 Å². The minimum atomic E-state index is -0.678. The van der Waals surface area contributed by atoms with Crippen LogP contribution in [0.3, 0.4) is 0 Å². The number of carbonyl (C=O) groups excluding carboxylic acids is 1. The fraction of sp³-hybridized carbons (Fsp3) is 0.267. The van der Waals surface area contributed by atoms with E-state index in [1.807, 2.05) is 0 Å². The molecule has 2 heterocycles. The van der Waals surface area contributed by atoms with Crippen LogP contribution in [0.25, 0.3) is 0 Å². The zero-order valence-electron chi connectivity index (χ0n) is 12.3. The third kappa shape index (κ3) is 2.80. The van der Waals surface area contributed by atoms with Crippen LogP contribution in [-0.4, -0.2) is 27.3 Å². The van der Waals surface area contributed by atoms with Gasteiger partial charge in [0.05, 0.1) is 6.61 Å². The summed E-state index contributed by atoms with van der Waals surface area (Å²) in [6.07, 6.45) is 1.40. The molecule has 0 saturated carbocycles. The number of nitrogens with zero attached hydrogens (tertiary/aromatic N) is 3. The number of anilines is 1. The van der Waals surface area contributed by atoms with Crippen LogP contribution in [0.2, 0.25) is 10.0 Å². The quantitative estimate of drug-likeness (QED) is 0.858. The van der Waals surface area contributed by atoms with Crippen molar-refractivity contribution in [3.05, 3.63) is 52.4 Å². The number of ether oxygens (including phenoxy) is 1. The van der Waals surface area contributed by atoms with Gasteiger partial charge >= 0.3 is 5.97 Å². The summed E-state index contributed by atoms with van der Waals surface area (Å²) >= 11 is 12.3. The summed E-state index contributed by atoms with van der Waals surface area (Å²) in [6.45, 7) is 5.96. The standard InChI is InChI=1S/C15H14Cl2N4O2/c1-3-23-14(22)12-8(2)20-15-18-7-19-21(15)13(12)10-5-4-9(16)6-11(10)17/h4-7,12-13H,2-3H2,1H3,(H,18,19,20). The number of hydrogen-bond donors (Lipinski definition) is 1. The third-order valence-corrected chi connectivity index (χ3v) is 4.18. The molecular formula is C15H14Cl2N4O2. The lowest BCUT2D eigenvalue weighted by Gasteiger charge is -2.33. The van der Waals surface area contributed by atoms with E-state index in [1.165, 1.54) is 6.33 Å². The first-order chi connectivity index (χ1) is 11.0. The summed E-state index contributed by atoms with van der Waals surface area (Å²) in [4.78, 5) is 16.6. The van der Waals surface area contributed by atoms with Crippen molar-refractivity contribution in [1.82, 2.24) is 14.8 Å². The van der Waals surface area contributed by atoms with E-state index in [0.717, 1.165) is 0 Å². The molecule has 1 aromatic heterocycles. The summed E-state index contributed by atoms with van der Waals surface area (Å²) in [6, 6.07) is 4.60. The molecule has 2 unspecified atom stereocenters. The van der Waals surface area contributed by atoms with Crippen molar-refractivity contribution in [2.75, 3.05) is 11.9 Å². The first-order valence-electron chi connectivity index (χ1n) is 6.99. The van der Waals surface area contributed by atoms with E-state index < -0.39 is 17.9 Å². The maximum absolute atomic E-state index is 12.4. The lowest BCUT2D eigenvalue weighted by atomic mass is 9.89. The van der Waals surface area contributed by atoms with Crippen LogP contribution in [0.15, 0.2) is 36.8 Å². The Bertz CT molecular complexity index is 775. The van der Waals surface area contributed by atoms with Crippen molar-refractivity contribution < 1.29 is 9.53 Å². The molecule has 0 saturated heterocycles. The number of hydrogen-bond acceptors (Lipinski definition) is 5. The fourth-order valence-corrected chi connectivity index (χ4v) is 3.17. The zero-order chi connectivity index (χ0) is 16.6. The second-order valence-corrected chi connectivity index (χ2v) is 5.86. The van der Waals surface area contributed by atoms with Gasteiger partial charge in [0, 0.05) is 15.7 Å². The van der Waals surface area contributed by atoms with Crippen molar-refractivity contribution >= 4 is 35.1 Å². The monoisotopic (exact) mass is 352 g/mol. The predicted molar refractivity (Wildman–Crippen MR) is 87.5 cm³/mol. The zero-order valence-corrected chi connectivity index (χ0v) is 13.8.